The standard InChI is InChI=1S/C57H39N3O2/c1-3-14-35(15-4-1)37-18-11-19-38(30-37)43-24-13-25-45-47(43)33-42-34-57(42,53-52(45)46-23-8-10-27-50(46)62-53)41-21-12-20-39(31-41)55-58-54(36-16-5-2-6-17-36)59-56(60-55)40-28-29-51-48(32-40)44-22-7-9-26-49(44)61-51/h1-19,21-32,39,42H,20,33-34H2. The Morgan fingerprint density at radius 2 is 1.16 bits per heavy atom. The van der Waals surface area contributed by atoms with Gasteiger partial charge < -0.3 is 8.83 Å². The van der Waals surface area contributed by atoms with Crippen LogP contribution in [-0.4, -0.2) is 15.0 Å². The van der Waals surface area contributed by atoms with Gasteiger partial charge in [0.1, 0.15) is 28.3 Å². The first-order valence-electron chi connectivity index (χ1n) is 21.6. The van der Waals surface area contributed by atoms with Gasteiger partial charge in [0.25, 0.3) is 0 Å². The third kappa shape index (κ3) is 5.51. The minimum absolute atomic E-state index is 0.0527. The predicted molar refractivity (Wildman–Crippen MR) is 249 cm³/mol. The van der Waals surface area contributed by atoms with E-state index >= 15 is 0 Å². The van der Waals surface area contributed by atoms with Gasteiger partial charge in [-0.3, -0.25) is 0 Å². The molecule has 3 atom stereocenters. The molecule has 62 heavy (non-hydrogen) atoms. The Morgan fingerprint density at radius 3 is 2.00 bits per heavy atom. The third-order valence-corrected chi connectivity index (χ3v) is 13.5. The predicted octanol–water partition coefficient (Wildman–Crippen LogP) is 14.3. The summed E-state index contributed by atoms with van der Waals surface area (Å²) in [6.07, 6.45) is 9.87. The summed E-state index contributed by atoms with van der Waals surface area (Å²) in [5.74, 6) is 3.48. The van der Waals surface area contributed by atoms with Crippen LogP contribution >= 0.6 is 0 Å². The lowest BCUT2D eigenvalue weighted by Crippen LogP contribution is -2.17. The highest BCUT2D eigenvalue weighted by Gasteiger charge is 2.62. The summed E-state index contributed by atoms with van der Waals surface area (Å²) in [6.45, 7) is 0. The van der Waals surface area contributed by atoms with Crippen molar-refractivity contribution in [1.29, 1.82) is 0 Å². The molecule has 0 spiro atoms. The molecule has 1 fully saturated rings. The summed E-state index contributed by atoms with van der Waals surface area (Å²) < 4.78 is 13.3. The minimum Gasteiger partial charge on any atom is -0.459 e. The maximum Gasteiger partial charge on any atom is 0.163 e. The van der Waals surface area contributed by atoms with E-state index in [9.17, 15) is 0 Å². The van der Waals surface area contributed by atoms with Gasteiger partial charge in [-0.2, -0.15) is 0 Å². The van der Waals surface area contributed by atoms with Gasteiger partial charge in [-0.1, -0.05) is 152 Å². The molecule has 5 heteroatoms. The van der Waals surface area contributed by atoms with Crippen molar-refractivity contribution in [3.63, 3.8) is 0 Å². The van der Waals surface area contributed by atoms with Crippen molar-refractivity contribution in [2.45, 2.75) is 30.6 Å². The molecule has 3 aliphatic rings. The van der Waals surface area contributed by atoms with Crippen molar-refractivity contribution < 1.29 is 8.83 Å². The number of hydrogen-bond donors (Lipinski definition) is 0. The van der Waals surface area contributed by atoms with Crippen LogP contribution in [0.25, 0.3) is 89.1 Å². The number of aromatic nitrogens is 3. The van der Waals surface area contributed by atoms with Crippen LogP contribution in [0.15, 0.2) is 202 Å². The van der Waals surface area contributed by atoms with Gasteiger partial charge in [0.15, 0.2) is 11.6 Å². The molecule has 0 saturated heterocycles. The van der Waals surface area contributed by atoms with E-state index in [-0.39, 0.29) is 11.3 Å². The van der Waals surface area contributed by atoms with Crippen LogP contribution in [0, 0.1) is 5.92 Å². The molecule has 0 bridgehead atoms. The molecule has 3 aliphatic carbocycles. The zero-order valence-corrected chi connectivity index (χ0v) is 33.8. The topological polar surface area (TPSA) is 65.0 Å². The summed E-state index contributed by atoms with van der Waals surface area (Å²) >= 11 is 0. The summed E-state index contributed by atoms with van der Waals surface area (Å²) in [5, 5.41) is 3.29. The first-order chi connectivity index (χ1) is 30.7. The number of benzene rings is 7. The second-order valence-corrected chi connectivity index (χ2v) is 17.0. The average Bonchev–Trinajstić information content (AvgIpc) is 3.78. The van der Waals surface area contributed by atoms with Crippen LogP contribution in [-0.2, 0) is 11.8 Å². The van der Waals surface area contributed by atoms with Gasteiger partial charge in [0.05, 0.1) is 5.41 Å². The number of nitrogens with zero attached hydrogens (tertiary/aromatic N) is 3. The zero-order valence-electron chi connectivity index (χ0n) is 33.8. The van der Waals surface area contributed by atoms with Crippen LogP contribution in [0.2, 0.25) is 0 Å². The van der Waals surface area contributed by atoms with E-state index in [2.05, 4.69) is 146 Å². The number of para-hydroxylation sites is 2. The Labute approximate surface area is 358 Å². The zero-order chi connectivity index (χ0) is 40.8. The van der Waals surface area contributed by atoms with E-state index in [1.165, 1.54) is 49.9 Å². The monoisotopic (exact) mass is 797 g/mol. The van der Waals surface area contributed by atoms with Gasteiger partial charge in [-0.15, -0.1) is 0 Å². The summed E-state index contributed by atoms with van der Waals surface area (Å²) in [4.78, 5) is 15.6. The summed E-state index contributed by atoms with van der Waals surface area (Å²) in [5.41, 5.74) is 14.4. The molecule has 0 aliphatic heterocycles. The van der Waals surface area contributed by atoms with Gasteiger partial charge in [-0.05, 0) is 101 Å². The van der Waals surface area contributed by atoms with Crippen LogP contribution < -0.4 is 0 Å². The van der Waals surface area contributed by atoms with E-state index in [1.807, 2.05) is 42.5 Å². The lowest BCUT2D eigenvalue weighted by Gasteiger charge is -2.23. The lowest BCUT2D eigenvalue weighted by molar-refractivity contribution is 0.492. The van der Waals surface area contributed by atoms with E-state index in [0.29, 0.717) is 17.6 Å². The van der Waals surface area contributed by atoms with Crippen molar-refractivity contribution in [2.75, 3.05) is 0 Å². The molecule has 13 rings (SSSR count). The largest absolute Gasteiger partial charge is 0.459 e. The van der Waals surface area contributed by atoms with Gasteiger partial charge in [0, 0.05) is 38.8 Å². The highest BCUT2D eigenvalue weighted by atomic mass is 16.3. The molecule has 294 valence electrons. The molecule has 10 aromatic rings. The highest BCUT2D eigenvalue weighted by Crippen LogP contribution is 2.67. The highest BCUT2D eigenvalue weighted by molar-refractivity contribution is 6.06. The number of rotatable bonds is 6. The van der Waals surface area contributed by atoms with E-state index in [1.54, 1.807) is 0 Å². The Kier molecular flexibility index (Phi) is 7.77. The molecule has 0 amide bonds. The van der Waals surface area contributed by atoms with Crippen molar-refractivity contribution in [3.8, 4) is 56.2 Å². The van der Waals surface area contributed by atoms with E-state index in [0.717, 1.165) is 69.5 Å². The molecule has 0 N–H and O–H groups in total. The number of fused-ring (bicyclic) bond motifs is 10. The SMILES string of the molecule is C1=CC(C23CC2Cc2c(-c4cccc(-c5ccccc5)c4)cccc2-c2c3oc3ccccc23)=CC(c2nc(-c3ccccc3)nc(-c3ccc4oc5ccccc5c4c3)n2)C1. The van der Waals surface area contributed by atoms with Crippen LogP contribution in [0.1, 0.15) is 35.9 Å². The number of furan rings is 2. The first kappa shape index (κ1) is 35.2. The van der Waals surface area contributed by atoms with Crippen LogP contribution in [0.5, 0.6) is 0 Å². The van der Waals surface area contributed by atoms with Gasteiger partial charge >= 0.3 is 0 Å². The molecule has 0 radical (unpaired) electrons. The van der Waals surface area contributed by atoms with Crippen LogP contribution in [0.3, 0.4) is 0 Å². The number of hydrogen-bond acceptors (Lipinski definition) is 5. The van der Waals surface area contributed by atoms with Crippen molar-refractivity contribution in [2.24, 2.45) is 5.92 Å². The molecule has 7 aromatic carbocycles. The Balaban J connectivity index is 0.940. The second-order valence-electron chi connectivity index (χ2n) is 17.0. The fraction of sp³-hybridized carbons (Fsp3) is 0.105. The van der Waals surface area contributed by atoms with Gasteiger partial charge in [-0.25, -0.2) is 15.0 Å². The molecule has 3 unspecified atom stereocenters. The fourth-order valence-electron chi connectivity index (χ4n) is 10.4. The van der Waals surface area contributed by atoms with Gasteiger partial charge in [0.2, 0.25) is 0 Å². The lowest BCUT2D eigenvalue weighted by atomic mass is 9.82. The molecule has 5 nitrogen and oxygen atoms in total. The van der Waals surface area contributed by atoms with E-state index < -0.39 is 0 Å². The Morgan fingerprint density at radius 1 is 0.500 bits per heavy atom. The number of allylic oxidation sites excluding steroid dienone is 4. The Bertz CT molecular complexity index is 3470. The molecular formula is C57H39N3O2. The minimum atomic E-state index is -0.281. The third-order valence-electron chi connectivity index (χ3n) is 13.5. The smallest absolute Gasteiger partial charge is 0.163 e. The Hall–Kier alpha value is -7.63. The average molecular weight is 798 g/mol. The molecule has 3 heterocycles. The quantitative estimate of drug-likeness (QED) is 0.168. The molecular weight excluding hydrogens is 759 g/mol. The summed E-state index contributed by atoms with van der Waals surface area (Å²) in [7, 11) is 0. The maximum atomic E-state index is 7.09. The maximum absolute atomic E-state index is 7.09. The van der Waals surface area contributed by atoms with Crippen molar-refractivity contribution >= 4 is 32.9 Å². The second kappa shape index (κ2) is 13.7. The fourth-order valence-corrected chi connectivity index (χ4v) is 10.4. The van der Waals surface area contributed by atoms with Crippen LogP contribution in [0.4, 0.5) is 0 Å². The van der Waals surface area contributed by atoms with E-state index in [4.69, 9.17) is 23.8 Å². The van der Waals surface area contributed by atoms with Crippen molar-refractivity contribution in [3.05, 3.63) is 211 Å². The molecule has 1 saturated carbocycles. The normalized spacial score (nSPS) is 18.9. The molecule has 3 aromatic heterocycles. The van der Waals surface area contributed by atoms with Crippen molar-refractivity contribution in [1.82, 2.24) is 15.0 Å². The summed E-state index contributed by atoms with van der Waals surface area (Å²) in [6, 6.07) is 59.8. The first-order valence-corrected chi connectivity index (χ1v) is 21.6.